The first kappa shape index (κ1) is 12.4. The molecule has 2 N–H and O–H groups in total. The average molecular weight is 190 g/mol. The van der Waals surface area contributed by atoms with Crippen LogP contribution in [0.2, 0.25) is 0 Å². The van der Waals surface area contributed by atoms with Crippen LogP contribution in [-0.4, -0.2) is 35.0 Å². The van der Waals surface area contributed by atoms with Crippen molar-refractivity contribution >= 4 is 5.97 Å². The Labute approximate surface area is 78.5 Å². The van der Waals surface area contributed by atoms with Crippen LogP contribution in [0, 0.1) is 5.92 Å². The minimum atomic E-state index is -1.18. The van der Waals surface area contributed by atoms with Crippen molar-refractivity contribution in [3.05, 3.63) is 0 Å². The number of hydrogen-bond donors (Lipinski definition) is 2. The molecule has 0 aromatic carbocycles. The molecule has 0 fully saturated rings. The molecule has 13 heavy (non-hydrogen) atoms. The predicted molar refractivity (Wildman–Crippen MR) is 48.5 cm³/mol. The molecule has 0 spiro atoms. The van der Waals surface area contributed by atoms with Crippen molar-refractivity contribution in [2.24, 2.45) is 5.92 Å². The lowest BCUT2D eigenvalue weighted by molar-refractivity contribution is -0.172. The molecule has 0 saturated heterocycles. The monoisotopic (exact) mass is 190 g/mol. The molecule has 4 nitrogen and oxygen atoms in total. The first-order chi connectivity index (χ1) is 5.99. The molecule has 0 aliphatic heterocycles. The second kappa shape index (κ2) is 5.19. The van der Waals surface area contributed by atoms with E-state index in [0.717, 1.165) is 6.42 Å². The third-order valence-electron chi connectivity index (χ3n) is 2.47. The molecule has 0 amide bonds. The van der Waals surface area contributed by atoms with E-state index in [2.05, 4.69) is 0 Å². The first-order valence-electron chi connectivity index (χ1n) is 4.47. The molecule has 2 atom stereocenters. The van der Waals surface area contributed by atoms with Gasteiger partial charge in [0.15, 0.2) is 5.60 Å². The SMILES string of the molecule is CCC(C)C(C)(OCCO)C(=O)O. The van der Waals surface area contributed by atoms with E-state index in [1.807, 2.05) is 13.8 Å². The molecule has 0 heterocycles. The summed E-state index contributed by atoms with van der Waals surface area (Å²) >= 11 is 0. The van der Waals surface area contributed by atoms with Crippen LogP contribution < -0.4 is 0 Å². The van der Waals surface area contributed by atoms with Gasteiger partial charge in [-0.2, -0.15) is 0 Å². The van der Waals surface area contributed by atoms with E-state index in [4.69, 9.17) is 14.9 Å². The lowest BCUT2D eigenvalue weighted by Crippen LogP contribution is -2.45. The van der Waals surface area contributed by atoms with Gasteiger partial charge in [-0.15, -0.1) is 0 Å². The van der Waals surface area contributed by atoms with Crippen molar-refractivity contribution in [3.63, 3.8) is 0 Å². The molecular formula is C9H18O4. The Morgan fingerprint density at radius 1 is 1.62 bits per heavy atom. The fourth-order valence-corrected chi connectivity index (χ4v) is 1.06. The van der Waals surface area contributed by atoms with Gasteiger partial charge in [-0.3, -0.25) is 0 Å². The number of hydrogen-bond acceptors (Lipinski definition) is 3. The summed E-state index contributed by atoms with van der Waals surface area (Å²) in [7, 11) is 0. The molecule has 0 aliphatic carbocycles. The Kier molecular flexibility index (Phi) is 4.95. The van der Waals surface area contributed by atoms with Crippen LogP contribution in [0.1, 0.15) is 27.2 Å². The quantitative estimate of drug-likeness (QED) is 0.652. The Bertz CT molecular complexity index is 169. The Balaban J connectivity index is 4.42. The summed E-state index contributed by atoms with van der Waals surface area (Å²) in [5.74, 6) is -1.05. The highest BCUT2D eigenvalue weighted by Gasteiger charge is 2.38. The van der Waals surface area contributed by atoms with Crippen LogP contribution >= 0.6 is 0 Å². The van der Waals surface area contributed by atoms with Crippen molar-refractivity contribution < 1.29 is 19.7 Å². The fourth-order valence-electron chi connectivity index (χ4n) is 1.06. The smallest absolute Gasteiger partial charge is 0.335 e. The van der Waals surface area contributed by atoms with Crippen LogP contribution in [0.4, 0.5) is 0 Å². The Hall–Kier alpha value is -0.610. The van der Waals surface area contributed by atoms with Gasteiger partial charge in [-0.1, -0.05) is 20.3 Å². The molecule has 0 radical (unpaired) electrons. The molecule has 0 aromatic heterocycles. The fraction of sp³-hybridized carbons (Fsp3) is 0.889. The highest BCUT2D eigenvalue weighted by molar-refractivity contribution is 5.77. The molecule has 0 rings (SSSR count). The van der Waals surface area contributed by atoms with E-state index < -0.39 is 11.6 Å². The van der Waals surface area contributed by atoms with Crippen molar-refractivity contribution in [3.8, 4) is 0 Å². The van der Waals surface area contributed by atoms with Crippen LogP contribution in [0.3, 0.4) is 0 Å². The minimum absolute atomic E-state index is 0.0626. The third kappa shape index (κ3) is 2.97. The third-order valence-corrected chi connectivity index (χ3v) is 2.47. The van der Waals surface area contributed by atoms with E-state index in [0.29, 0.717) is 0 Å². The first-order valence-corrected chi connectivity index (χ1v) is 4.47. The summed E-state index contributed by atoms with van der Waals surface area (Å²) in [6.45, 7) is 5.19. The zero-order valence-corrected chi connectivity index (χ0v) is 8.41. The molecule has 2 unspecified atom stereocenters. The number of rotatable bonds is 6. The average Bonchev–Trinajstić information content (AvgIpc) is 2.12. The summed E-state index contributed by atoms with van der Waals surface area (Å²) in [4.78, 5) is 10.9. The molecule has 0 aromatic rings. The predicted octanol–water partition coefficient (Wildman–Crippen LogP) is 0.885. The maximum atomic E-state index is 10.9. The van der Waals surface area contributed by atoms with Gasteiger partial charge in [0.25, 0.3) is 0 Å². The van der Waals surface area contributed by atoms with Gasteiger partial charge in [-0.05, 0) is 12.8 Å². The lowest BCUT2D eigenvalue weighted by atomic mass is 9.88. The normalized spacial score (nSPS) is 17.8. The summed E-state index contributed by atoms with van der Waals surface area (Å²) in [6, 6.07) is 0. The number of carboxylic acid groups (broad SMARTS) is 1. The van der Waals surface area contributed by atoms with Crippen LogP contribution in [0.15, 0.2) is 0 Å². The number of ether oxygens (including phenoxy) is 1. The highest BCUT2D eigenvalue weighted by atomic mass is 16.5. The second-order valence-corrected chi connectivity index (χ2v) is 3.29. The summed E-state index contributed by atoms with van der Waals surface area (Å²) < 4.78 is 5.14. The van der Waals surface area contributed by atoms with Crippen LogP contribution in [-0.2, 0) is 9.53 Å². The lowest BCUT2D eigenvalue weighted by Gasteiger charge is -2.30. The molecule has 4 heteroatoms. The van der Waals surface area contributed by atoms with Gasteiger partial charge < -0.3 is 14.9 Å². The van der Waals surface area contributed by atoms with Crippen molar-refractivity contribution in [2.75, 3.05) is 13.2 Å². The van der Waals surface area contributed by atoms with E-state index in [1.54, 1.807) is 6.92 Å². The Morgan fingerprint density at radius 3 is 2.46 bits per heavy atom. The van der Waals surface area contributed by atoms with E-state index in [1.165, 1.54) is 0 Å². The maximum absolute atomic E-state index is 10.9. The summed E-state index contributed by atoms with van der Waals surface area (Å²) in [6.07, 6.45) is 0.730. The van der Waals surface area contributed by atoms with Gasteiger partial charge in [0.2, 0.25) is 0 Å². The van der Waals surface area contributed by atoms with E-state index in [9.17, 15) is 4.79 Å². The molecular weight excluding hydrogens is 172 g/mol. The molecule has 78 valence electrons. The second-order valence-electron chi connectivity index (χ2n) is 3.29. The number of aliphatic hydroxyl groups excluding tert-OH is 1. The molecule has 0 bridgehead atoms. The standard InChI is InChI=1S/C9H18O4/c1-4-7(2)9(3,8(11)12)13-6-5-10/h7,10H,4-6H2,1-3H3,(H,11,12). The molecule has 0 saturated carbocycles. The van der Waals surface area contributed by atoms with E-state index >= 15 is 0 Å². The van der Waals surface area contributed by atoms with Gasteiger partial charge in [0.1, 0.15) is 0 Å². The van der Waals surface area contributed by atoms with Crippen LogP contribution in [0.25, 0.3) is 0 Å². The molecule has 0 aliphatic rings. The van der Waals surface area contributed by atoms with Gasteiger partial charge in [0, 0.05) is 0 Å². The maximum Gasteiger partial charge on any atom is 0.335 e. The number of aliphatic carboxylic acids is 1. The van der Waals surface area contributed by atoms with Gasteiger partial charge in [-0.25, -0.2) is 4.79 Å². The zero-order valence-electron chi connectivity index (χ0n) is 8.41. The van der Waals surface area contributed by atoms with E-state index in [-0.39, 0.29) is 19.1 Å². The van der Waals surface area contributed by atoms with Crippen molar-refractivity contribution in [1.29, 1.82) is 0 Å². The highest BCUT2D eigenvalue weighted by Crippen LogP contribution is 2.24. The summed E-state index contributed by atoms with van der Waals surface area (Å²) in [5.41, 5.74) is -1.18. The topological polar surface area (TPSA) is 66.8 Å². The van der Waals surface area contributed by atoms with Gasteiger partial charge >= 0.3 is 5.97 Å². The zero-order chi connectivity index (χ0) is 10.5. The number of carboxylic acids is 1. The Morgan fingerprint density at radius 2 is 2.15 bits per heavy atom. The largest absolute Gasteiger partial charge is 0.479 e. The van der Waals surface area contributed by atoms with Gasteiger partial charge in [0.05, 0.1) is 13.2 Å². The number of aliphatic hydroxyl groups is 1. The number of carbonyl (C=O) groups is 1. The van der Waals surface area contributed by atoms with Crippen LogP contribution in [0.5, 0.6) is 0 Å². The van der Waals surface area contributed by atoms with Crippen molar-refractivity contribution in [1.82, 2.24) is 0 Å². The summed E-state index contributed by atoms with van der Waals surface area (Å²) in [5, 5.41) is 17.5. The van der Waals surface area contributed by atoms with Crippen molar-refractivity contribution in [2.45, 2.75) is 32.8 Å². The minimum Gasteiger partial charge on any atom is -0.479 e.